The number of carbonyl (C=O) groups is 1. The Morgan fingerprint density at radius 1 is 1.35 bits per heavy atom. The maximum atomic E-state index is 11.7. The molecule has 0 saturated carbocycles. The molecule has 0 aliphatic carbocycles. The molecule has 0 amide bonds. The van der Waals surface area contributed by atoms with E-state index >= 15 is 0 Å². The lowest BCUT2D eigenvalue weighted by Gasteiger charge is -2.30. The number of nitrogens with one attached hydrogen (secondary N) is 1. The lowest BCUT2D eigenvalue weighted by atomic mass is 9.85. The van der Waals surface area contributed by atoms with Gasteiger partial charge in [-0.25, -0.2) is 13.1 Å². The van der Waals surface area contributed by atoms with E-state index in [0.29, 0.717) is 6.42 Å². The standard InChI is InChI=1S/C11H23NO4S/c1-5-6-7-17(15,16)12-9(8-10(13)14)11(2,3)4/h9,12H,5-8H2,1-4H3,(H,13,14). The van der Waals surface area contributed by atoms with Crippen LogP contribution in [-0.2, 0) is 14.8 Å². The summed E-state index contributed by atoms with van der Waals surface area (Å²) in [7, 11) is -3.39. The largest absolute Gasteiger partial charge is 0.481 e. The molecule has 5 nitrogen and oxygen atoms in total. The molecule has 0 heterocycles. The number of sulfonamides is 1. The van der Waals surface area contributed by atoms with Gasteiger partial charge in [0.1, 0.15) is 0 Å². The molecule has 1 unspecified atom stereocenters. The molecule has 1 atom stereocenters. The third-order valence-corrected chi connectivity index (χ3v) is 3.98. The zero-order valence-corrected chi connectivity index (χ0v) is 11.8. The van der Waals surface area contributed by atoms with Crippen LogP contribution >= 0.6 is 0 Å². The normalized spacial score (nSPS) is 14.6. The van der Waals surface area contributed by atoms with E-state index in [-0.39, 0.29) is 12.2 Å². The fraction of sp³-hybridized carbons (Fsp3) is 0.909. The van der Waals surface area contributed by atoms with Crippen molar-refractivity contribution in [3.63, 3.8) is 0 Å². The van der Waals surface area contributed by atoms with Crippen LogP contribution in [0.3, 0.4) is 0 Å². The average molecular weight is 265 g/mol. The van der Waals surface area contributed by atoms with Crippen molar-refractivity contribution < 1.29 is 18.3 Å². The van der Waals surface area contributed by atoms with E-state index < -0.39 is 27.4 Å². The van der Waals surface area contributed by atoms with Crippen LogP contribution in [0.2, 0.25) is 0 Å². The average Bonchev–Trinajstić information content (AvgIpc) is 2.11. The summed E-state index contributed by atoms with van der Waals surface area (Å²) in [5.74, 6) is -0.946. The van der Waals surface area contributed by atoms with Gasteiger partial charge in [0.25, 0.3) is 0 Å². The summed E-state index contributed by atoms with van der Waals surface area (Å²) >= 11 is 0. The highest BCUT2D eigenvalue weighted by Crippen LogP contribution is 2.22. The number of rotatable bonds is 7. The second kappa shape index (κ2) is 6.35. The molecule has 0 aliphatic heterocycles. The van der Waals surface area contributed by atoms with E-state index in [1.165, 1.54) is 0 Å². The Morgan fingerprint density at radius 2 is 1.88 bits per heavy atom. The zero-order chi connectivity index (χ0) is 13.7. The third-order valence-electron chi connectivity index (χ3n) is 2.51. The fourth-order valence-corrected chi connectivity index (χ4v) is 2.97. The van der Waals surface area contributed by atoms with Gasteiger partial charge in [-0.05, 0) is 11.8 Å². The van der Waals surface area contributed by atoms with Crippen LogP contribution in [0.25, 0.3) is 0 Å². The molecule has 17 heavy (non-hydrogen) atoms. The van der Waals surface area contributed by atoms with Crippen molar-refractivity contribution in [2.45, 2.75) is 53.0 Å². The van der Waals surface area contributed by atoms with Crippen molar-refractivity contribution in [1.82, 2.24) is 4.72 Å². The van der Waals surface area contributed by atoms with Gasteiger partial charge in [0.2, 0.25) is 10.0 Å². The van der Waals surface area contributed by atoms with Gasteiger partial charge in [-0.1, -0.05) is 34.1 Å². The molecule has 0 aromatic rings. The van der Waals surface area contributed by atoms with Gasteiger partial charge in [-0.3, -0.25) is 4.79 Å². The number of hydrogen-bond acceptors (Lipinski definition) is 3. The van der Waals surface area contributed by atoms with E-state index in [0.717, 1.165) is 6.42 Å². The number of unbranched alkanes of at least 4 members (excludes halogenated alkanes) is 1. The summed E-state index contributed by atoms with van der Waals surface area (Å²) in [5, 5.41) is 8.79. The van der Waals surface area contributed by atoms with Crippen LogP contribution in [-0.4, -0.2) is 31.3 Å². The van der Waals surface area contributed by atoms with Gasteiger partial charge in [0.05, 0.1) is 12.2 Å². The minimum Gasteiger partial charge on any atom is -0.481 e. The van der Waals surface area contributed by atoms with Crippen LogP contribution in [0.5, 0.6) is 0 Å². The number of aliphatic carboxylic acids is 1. The van der Waals surface area contributed by atoms with E-state index in [1.54, 1.807) is 0 Å². The van der Waals surface area contributed by atoms with Gasteiger partial charge >= 0.3 is 5.97 Å². The summed E-state index contributed by atoms with van der Waals surface area (Å²) < 4.78 is 25.9. The molecular formula is C11H23NO4S. The smallest absolute Gasteiger partial charge is 0.304 e. The molecule has 0 aromatic carbocycles. The van der Waals surface area contributed by atoms with Crippen LogP contribution in [0, 0.1) is 5.41 Å². The third kappa shape index (κ3) is 7.33. The quantitative estimate of drug-likeness (QED) is 0.732. The van der Waals surface area contributed by atoms with Crippen molar-refractivity contribution in [3.05, 3.63) is 0 Å². The Bertz CT molecular complexity index is 343. The van der Waals surface area contributed by atoms with Crippen LogP contribution in [0.15, 0.2) is 0 Å². The summed E-state index contributed by atoms with van der Waals surface area (Å²) in [6.07, 6.45) is 1.17. The first-order valence-corrected chi connectivity index (χ1v) is 7.45. The number of carboxylic acids is 1. The molecule has 0 saturated heterocycles. The Balaban J connectivity index is 4.70. The van der Waals surface area contributed by atoms with Crippen LogP contribution in [0.4, 0.5) is 0 Å². The van der Waals surface area contributed by atoms with Gasteiger partial charge in [0, 0.05) is 6.04 Å². The molecule has 0 radical (unpaired) electrons. The zero-order valence-electron chi connectivity index (χ0n) is 11.0. The van der Waals surface area contributed by atoms with Crippen molar-refractivity contribution >= 4 is 16.0 Å². The lowest BCUT2D eigenvalue weighted by Crippen LogP contribution is -2.45. The molecule has 102 valence electrons. The molecule has 6 heteroatoms. The summed E-state index contributed by atoms with van der Waals surface area (Å²) in [6.45, 7) is 7.38. The summed E-state index contributed by atoms with van der Waals surface area (Å²) in [5.41, 5.74) is -0.419. The molecule has 2 N–H and O–H groups in total. The first-order valence-electron chi connectivity index (χ1n) is 5.80. The maximum Gasteiger partial charge on any atom is 0.304 e. The highest BCUT2D eigenvalue weighted by molar-refractivity contribution is 7.89. The van der Waals surface area contributed by atoms with Crippen LogP contribution in [0.1, 0.15) is 47.0 Å². The lowest BCUT2D eigenvalue weighted by molar-refractivity contribution is -0.138. The molecular weight excluding hydrogens is 242 g/mol. The van der Waals surface area contributed by atoms with Gasteiger partial charge in [0.15, 0.2) is 0 Å². The highest BCUT2D eigenvalue weighted by Gasteiger charge is 2.30. The van der Waals surface area contributed by atoms with Gasteiger partial charge in [-0.2, -0.15) is 0 Å². The van der Waals surface area contributed by atoms with E-state index in [4.69, 9.17) is 5.11 Å². The second-order valence-corrected chi connectivity index (χ2v) is 7.18. The second-order valence-electron chi connectivity index (χ2n) is 5.31. The Hall–Kier alpha value is -0.620. The van der Waals surface area contributed by atoms with E-state index in [2.05, 4.69) is 4.72 Å². The maximum absolute atomic E-state index is 11.7. The summed E-state index contributed by atoms with van der Waals surface area (Å²) in [6, 6.07) is -0.582. The number of hydrogen-bond donors (Lipinski definition) is 2. The van der Waals surface area contributed by atoms with Crippen LogP contribution < -0.4 is 4.72 Å². The van der Waals surface area contributed by atoms with Crippen molar-refractivity contribution in [2.24, 2.45) is 5.41 Å². The molecule has 0 fully saturated rings. The monoisotopic (exact) mass is 265 g/mol. The SMILES string of the molecule is CCCCS(=O)(=O)NC(CC(=O)O)C(C)(C)C. The predicted molar refractivity (Wildman–Crippen MR) is 67.3 cm³/mol. The topological polar surface area (TPSA) is 83.5 Å². The summed E-state index contributed by atoms with van der Waals surface area (Å²) in [4.78, 5) is 10.7. The predicted octanol–water partition coefficient (Wildman–Crippen LogP) is 1.60. The van der Waals surface area contributed by atoms with E-state index in [1.807, 2.05) is 27.7 Å². The Labute approximate surface area is 104 Å². The van der Waals surface area contributed by atoms with Gasteiger partial charge < -0.3 is 5.11 Å². The minimum atomic E-state index is -3.39. The minimum absolute atomic E-state index is 0.0513. The van der Waals surface area contributed by atoms with Crippen molar-refractivity contribution in [3.8, 4) is 0 Å². The Morgan fingerprint density at radius 3 is 2.24 bits per heavy atom. The Kier molecular flexibility index (Phi) is 6.12. The molecule has 0 rings (SSSR count). The van der Waals surface area contributed by atoms with E-state index in [9.17, 15) is 13.2 Å². The molecule has 0 aromatic heterocycles. The van der Waals surface area contributed by atoms with Gasteiger partial charge in [-0.15, -0.1) is 0 Å². The highest BCUT2D eigenvalue weighted by atomic mass is 32.2. The first-order chi connectivity index (χ1) is 7.58. The number of carboxylic acid groups (broad SMARTS) is 1. The van der Waals surface area contributed by atoms with Crippen molar-refractivity contribution in [1.29, 1.82) is 0 Å². The fourth-order valence-electron chi connectivity index (χ4n) is 1.31. The molecule has 0 aliphatic rings. The first kappa shape index (κ1) is 16.4. The molecule has 0 spiro atoms. The van der Waals surface area contributed by atoms with Crippen molar-refractivity contribution in [2.75, 3.05) is 5.75 Å². The molecule has 0 bridgehead atoms.